The Morgan fingerprint density at radius 1 is 1.26 bits per heavy atom. The number of nitro benzene ring substituents is 1. The molecular weight excluding hydrogens is 363 g/mol. The number of hydrogen-bond acceptors (Lipinski definition) is 4. The SMILES string of the molecule is Cc1ccc(/C=C(\C#N)C(=O)Nc2cccc(C(F)(F)F)c2)cc1[N+](=O)[O-]. The second-order valence-electron chi connectivity index (χ2n) is 5.51. The van der Waals surface area contributed by atoms with Gasteiger partial charge in [0.25, 0.3) is 11.6 Å². The van der Waals surface area contributed by atoms with Crippen molar-refractivity contribution in [3.05, 3.63) is 74.8 Å². The van der Waals surface area contributed by atoms with Crippen LogP contribution in [0.4, 0.5) is 24.5 Å². The van der Waals surface area contributed by atoms with Crippen LogP contribution in [-0.4, -0.2) is 10.8 Å². The fourth-order valence-corrected chi connectivity index (χ4v) is 2.20. The number of nitriles is 1. The van der Waals surface area contributed by atoms with Crippen molar-refractivity contribution in [3.63, 3.8) is 0 Å². The maximum Gasteiger partial charge on any atom is 0.416 e. The van der Waals surface area contributed by atoms with Crippen molar-refractivity contribution >= 4 is 23.4 Å². The quantitative estimate of drug-likeness (QED) is 0.369. The van der Waals surface area contributed by atoms with Crippen LogP contribution in [-0.2, 0) is 11.0 Å². The monoisotopic (exact) mass is 375 g/mol. The minimum atomic E-state index is -4.57. The Balaban J connectivity index is 2.29. The Hall–Kier alpha value is -3.67. The van der Waals surface area contributed by atoms with Crippen LogP contribution in [0.15, 0.2) is 48.0 Å². The van der Waals surface area contributed by atoms with Gasteiger partial charge in [-0.25, -0.2) is 0 Å². The first-order valence-electron chi connectivity index (χ1n) is 7.47. The van der Waals surface area contributed by atoms with Gasteiger partial charge in [0.2, 0.25) is 0 Å². The van der Waals surface area contributed by atoms with Gasteiger partial charge >= 0.3 is 6.18 Å². The number of aryl methyl sites for hydroxylation is 1. The highest BCUT2D eigenvalue weighted by molar-refractivity contribution is 6.09. The summed E-state index contributed by atoms with van der Waals surface area (Å²) in [6.07, 6.45) is -3.45. The summed E-state index contributed by atoms with van der Waals surface area (Å²) in [6.45, 7) is 1.54. The largest absolute Gasteiger partial charge is 0.416 e. The smallest absolute Gasteiger partial charge is 0.321 e. The number of benzene rings is 2. The Kier molecular flexibility index (Phi) is 5.60. The number of nitrogens with zero attached hydrogens (tertiary/aromatic N) is 2. The molecule has 27 heavy (non-hydrogen) atoms. The average molecular weight is 375 g/mol. The number of rotatable bonds is 4. The molecule has 0 unspecified atom stereocenters. The van der Waals surface area contributed by atoms with Crippen LogP contribution >= 0.6 is 0 Å². The Labute approximate surface area is 151 Å². The van der Waals surface area contributed by atoms with E-state index < -0.39 is 28.1 Å². The van der Waals surface area contributed by atoms with Crippen molar-refractivity contribution in [2.75, 3.05) is 5.32 Å². The third-order valence-electron chi connectivity index (χ3n) is 3.55. The molecule has 0 atom stereocenters. The number of halogens is 3. The predicted molar refractivity (Wildman–Crippen MR) is 91.5 cm³/mol. The molecule has 0 aliphatic rings. The summed E-state index contributed by atoms with van der Waals surface area (Å²) >= 11 is 0. The number of hydrogen-bond donors (Lipinski definition) is 1. The molecule has 1 N–H and O–H groups in total. The molecule has 2 aromatic carbocycles. The molecule has 0 heterocycles. The van der Waals surface area contributed by atoms with Crippen molar-refractivity contribution in [1.82, 2.24) is 0 Å². The summed E-state index contributed by atoms with van der Waals surface area (Å²) in [6, 6.07) is 9.74. The van der Waals surface area contributed by atoms with E-state index in [2.05, 4.69) is 5.32 Å². The van der Waals surface area contributed by atoms with E-state index in [0.29, 0.717) is 5.56 Å². The molecule has 0 bridgehead atoms. The van der Waals surface area contributed by atoms with E-state index in [4.69, 9.17) is 5.26 Å². The highest BCUT2D eigenvalue weighted by Crippen LogP contribution is 2.30. The minimum Gasteiger partial charge on any atom is -0.321 e. The highest BCUT2D eigenvalue weighted by atomic mass is 19.4. The molecule has 2 aromatic rings. The van der Waals surface area contributed by atoms with Gasteiger partial charge in [-0.05, 0) is 36.8 Å². The third kappa shape index (κ3) is 4.92. The van der Waals surface area contributed by atoms with E-state index in [1.165, 1.54) is 31.2 Å². The first-order chi connectivity index (χ1) is 12.6. The van der Waals surface area contributed by atoms with Gasteiger partial charge in [0.15, 0.2) is 0 Å². The zero-order chi connectivity index (χ0) is 20.2. The van der Waals surface area contributed by atoms with Gasteiger partial charge in [-0.1, -0.05) is 18.2 Å². The molecule has 0 radical (unpaired) electrons. The zero-order valence-electron chi connectivity index (χ0n) is 13.9. The molecule has 0 aromatic heterocycles. The van der Waals surface area contributed by atoms with E-state index in [1.807, 2.05) is 0 Å². The van der Waals surface area contributed by atoms with E-state index in [-0.39, 0.29) is 16.9 Å². The van der Waals surface area contributed by atoms with Gasteiger partial charge in [-0.2, -0.15) is 18.4 Å². The zero-order valence-corrected chi connectivity index (χ0v) is 13.9. The summed E-state index contributed by atoms with van der Waals surface area (Å²) < 4.78 is 38.2. The minimum absolute atomic E-state index is 0.133. The lowest BCUT2D eigenvalue weighted by molar-refractivity contribution is -0.385. The van der Waals surface area contributed by atoms with Gasteiger partial charge < -0.3 is 5.32 Å². The number of carbonyl (C=O) groups excluding carboxylic acids is 1. The van der Waals surface area contributed by atoms with Crippen LogP contribution in [0, 0.1) is 28.4 Å². The molecule has 2 rings (SSSR count). The maximum absolute atomic E-state index is 12.7. The lowest BCUT2D eigenvalue weighted by Gasteiger charge is -2.09. The molecule has 0 aliphatic carbocycles. The molecule has 138 valence electrons. The van der Waals surface area contributed by atoms with Gasteiger partial charge in [-0.15, -0.1) is 0 Å². The maximum atomic E-state index is 12.7. The molecule has 0 aliphatic heterocycles. The first-order valence-corrected chi connectivity index (χ1v) is 7.47. The Morgan fingerprint density at radius 3 is 2.56 bits per heavy atom. The topological polar surface area (TPSA) is 96.0 Å². The summed E-state index contributed by atoms with van der Waals surface area (Å²) in [4.78, 5) is 22.5. The van der Waals surface area contributed by atoms with Gasteiger partial charge in [-0.3, -0.25) is 14.9 Å². The molecule has 0 saturated carbocycles. The van der Waals surface area contributed by atoms with Crippen LogP contribution in [0.3, 0.4) is 0 Å². The second-order valence-corrected chi connectivity index (χ2v) is 5.51. The molecule has 6 nitrogen and oxygen atoms in total. The van der Waals surface area contributed by atoms with Gasteiger partial charge in [0, 0.05) is 17.3 Å². The fraction of sp³-hybridized carbons (Fsp3) is 0.111. The van der Waals surface area contributed by atoms with Crippen molar-refractivity contribution in [2.45, 2.75) is 13.1 Å². The van der Waals surface area contributed by atoms with Gasteiger partial charge in [0.05, 0.1) is 10.5 Å². The Bertz CT molecular complexity index is 976. The van der Waals surface area contributed by atoms with Crippen LogP contribution in [0.1, 0.15) is 16.7 Å². The molecule has 0 fully saturated rings. The highest BCUT2D eigenvalue weighted by Gasteiger charge is 2.30. The van der Waals surface area contributed by atoms with Crippen LogP contribution < -0.4 is 5.32 Å². The summed E-state index contributed by atoms with van der Waals surface area (Å²) in [5.74, 6) is -0.931. The number of amides is 1. The van der Waals surface area contributed by atoms with Crippen molar-refractivity contribution < 1.29 is 22.9 Å². The number of carbonyl (C=O) groups is 1. The van der Waals surface area contributed by atoms with E-state index in [9.17, 15) is 28.1 Å². The average Bonchev–Trinajstić information content (AvgIpc) is 2.60. The standard InChI is InChI=1S/C18H12F3N3O3/c1-11-5-6-12(8-16(11)24(26)27)7-13(10-22)17(25)23-15-4-2-3-14(9-15)18(19,20)21/h2-9H,1H3,(H,23,25)/b13-7+. The lowest BCUT2D eigenvalue weighted by Crippen LogP contribution is -2.14. The summed E-state index contributed by atoms with van der Waals surface area (Å²) in [5.41, 5.74) is -1.03. The molecule has 1 amide bonds. The summed E-state index contributed by atoms with van der Waals surface area (Å²) in [5, 5.41) is 22.3. The van der Waals surface area contributed by atoms with E-state index in [1.54, 1.807) is 6.07 Å². The second kappa shape index (κ2) is 7.70. The normalized spacial score (nSPS) is 11.6. The fourth-order valence-electron chi connectivity index (χ4n) is 2.20. The Morgan fingerprint density at radius 2 is 1.96 bits per heavy atom. The third-order valence-corrected chi connectivity index (χ3v) is 3.55. The number of nitro groups is 1. The van der Waals surface area contributed by atoms with E-state index in [0.717, 1.165) is 24.3 Å². The van der Waals surface area contributed by atoms with Crippen molar-refractivity contribution in [1.29, 1.82) is 5.26 Å². The molecule has 0 spiro atoms. The van der Waals surface area contributed by atoms with Crippen molar-refractivity contribution in [3.8, 4) is 6.07 Å². The van der Waals surface area contributed by atoms with Crippen LogP contribution in [0.2, 0.25) is 0 Å². The van der Waals surface area contributed by atoms with Crippen LogP contribution in [0.5, 0.6) is 0 Å². The summed E-state index contributed by atoms with van der Waals surface area (Å²) in [7, 11) is 0. The van der Waals surface area contributed by atoms with Crippen molar-refractivity contribution in [2.24, 2.45) is 0 Å². The number of nitrogens with one attached hydrogen (secondary N) is 1. The molecule has 9 heteroatoms. The number of anilines is 1. The molecular formula is C18H12F3N3O3. The first kappa shape index (κ1) is 19.7. The van der Waals surface area contributed by atoms with Gasteiger partial charge in [0.1, 0.15) is 11.6 Å². The van der Waals surface area contributed by atoms with E-state index >= 15 is 0 Å². The predicted octanol–water partition coefficient (Wildman–Crippen LogP) is 4.47. The van der Waals surface area contributed by atoms with Crippen LogP contribution in [0.25, 0.3) is 6.08 Å². The number of alkyl halides is 3. The molecule has 0 saturated heterocycles. The lowest BCUT2D eigenvalue weighted by atomic mass is 10.1.